The summed E-state index contributed by atoms with van der Waals surface area (Å²) in [6.45, 7) is 7.19. The van der Waals surface area contributed by atoms with Crippen molar-refractivity contribution in [2.45, 2.75) is 32.3 Å². The Kier molecular flexibility index (Phi) is 4.52. The molecule has 1 aliphatic rings. The molecule has 0 fully saturated rings. The first-order valence-electron chi connectivity index (χ1n) is 4.87. The van der Waals surface area contributed by atoms with Crippen molar-refractivity contribution in [3.8, 4) is 0 Å². The molecule has 0 aromatic carbocycles. The Morgan fingerprint density at radius 2 is 2.33 bits per heavy atom. The van der Waals surface area contributed by atoms with Gasteiger partial charge in [-0.1, -0.05) is 6.08 Å². The highest BCUT2D eigenvalue weighted by atomic mass is 16.7. The first kappa shape index (κ1) is 11.9. The van der Waals surface area contributed by atoms with Gasteiger partial charge < -0.3 is 14.2 Å². The minimum Gasteiger partial charge on any atom is -0.456 e. The summed E-state index contributed by atoms with van der Waals surface area (Å²) < 4.78 is 15.8. The van der Waals surface area contributed by atoms with E-state index in [9.17, 15) is 4.79 Å². The SMILES string of the molecule is C=CCO[C@H]1C=C[C@@H](OC(C)=O)[C@H](C)O1. The standard InChI is InChI=1S/C11H16O4/c1-4-7-13-11-6-5-10(8(2)14-11)15-9(3)12/h4-6,8,10-11H,1,7H2,2-3H3/t8-,10+,11+/m0/s1. The zero-order valence-corrected chi connectivity index (χ0v) is 9.01. The van der Waals surface area contributed by atoms with Gasteiger partial charge in [0.15, 0.2) is 6.29 Å². The highest BCUT2D eigenvalue weighted by Gasteiger charge is 2.25. The minimum atomic E-state index is -0.384. The number of hydrogen-bond acceptors (Lipinski definition) is 4. The third-order valence-electron chi connectivity index (χ3n) is 1.95. The summed E-state index contributed by atoms with van der Waals surface area (Å²) in [5.74, 6) is -0.314. The average Bonchev–Trinajstić information content (AvgIpc) is 2.18. The average molecular weight is 212 g/mol. The summed E-state index contributed by atoms with van der Waals surface area (Å²) in [5, 5.41) is 0. The van der Waals surface area contributed by atoms with Crippen LogP contribution in [0.4, 0.5) is 0 Å². The van der Waals surface area contributed by atoms with E-state index in [0.717, 1.165) is 0 Å². The Balaban J connectivity index is 2.46. The van der Waals surface area contributed by atoms with Gasteiger partial charge in [-0.15, -0.1) is 6.58 Å². The molecule has 0 aliphatic carbocycles. The monoisotopic (exact) mass is 212 g/mol. The molecule has 84 valence electrons. The van der Waals surface area contributed by atoms with E-state index in [-0.39, 0.29) is 24.5 Å². The van der Waals surface area contributed by atoms with Crippen molar-refractivity contribution < 1.29 is 19.0 Å². The van der Waals surface area contributed by atoms with Gasteiger partial charge in [0.2, 0.25) is 0 Å². The molecule has 0 saturated heterocycles. The molecule has 3 atom stereocenters. The molecule has 1 rings (SSSR count). The lowest BCUT2D eigenvalue weighted by Gasteiger charge is -2.29. The second kappa shape index (κ2) is 5.68. The van der Waals surface area contributed by atoms with Crippen LogP contribution >= 0.6 is 0 Å². The Morgan fingerprint density at radius 1 is 1.60 bits per heavy atom. The van der Waals surface area contributed by atoms with Crippen molar-refractivity contribution in [1.29, 1.82) is 0 Å². The van der Waals surface area contributed by atoms with Crippen LogP contribution in [0.1, 0.15) is 13.8 Å². The smallest absolute Gasteiger partial charge is 0.303 e. The number of ether oxygens (including phenoxy) is 3. The van der Waals surface area contributed by atoms with E-state index >= 15 is 0 Å². The Labute approximate surface area is 89.5 Å². The first-order valence-corrected chi connectivity index (χ1v) is 4.87. The molecule has 4 nitrogen and oxygen atoms in total. The molecular formula is C11H16O4. The van der Waals surface area contributed by atoms with E-state index in [2.05, 4.69) is 6.58 Å². The zero-order chi connectivity index (χ0) is 11.3. The summed E-state index contributed by atoms with van der Waals surface area (Å²) in [4.78, 5) is 10.8. The fourth-order valence-electron chi connectivity index (χ4n) is 1.28. The topological polar surface area (TPSA) is 44.8 Å². The van der Waals surface area contributed by atoms with Crippen molar-refractivity contribution in [2.24, 2.45) is 0 Å². The lowest BCUT2D eigenvalue weighted by molar-refractivity contribution is -0.177. The molecule has 15 heavy (non-hydrogen) atoms. The predicted octanol–water partition coefficient (Wildman–Crippen LogP) is 1.42. The minimum absolute atomic E-state index is 0.200. The lowest BCUT2D eigenvalue weighted by atomic mass is 10.1. The van der Waals surface area contributed by atoms with E-state index in [1.807, 2.05) is 6.92 Å². The highest BCUT2D eigenvalue weighted by molar-refractivity contribution is 5.66. The van der Waals surface area contributed by atoms with E-state index in [1.165, 1.54) is 6.92 Å². The van der Waals surface area contributed by atoms with Crippen molar-refractivity contribution >= 4 is 5.97 Å². The maximum atomic E-state index is 10.8. The zero-order valence-electron chi connectivity index (χ0n) is 9.01. The van der Waals surface area contributed by atoms with Crippen LogP contribution in [0.15, 0.2) is 24.8 Å². The van der Waals surface area contributed by atoms with Crippen LogP contribution in [0.3, 0.4) is 0 Å². The Hall–Kier alpha value is -1.13. The lowest BCUT2D eigenvalue weighted by Crippen LogP contribution is -2.36. The van der Waals surface area contributed by atoms with Gasteiger partial charge in [-0.05, 0) is 19.1 Å². The number of esters is 1. The summed E-state index contributed by atoms with van der Waals surface area (Å²) >= 11 is 0. The molecule has 0 amide bonds. The fraction of sp³-hybridized carbons (Fsp3) is 0.545. The van der Waals surface area contributed by atoms with E-state index in [1.54, 1.807) is 18.2 Å². The molecular weight excluding hydrogens is 196 g/mol. The molecule has 1 aliphatic heterocycles. The second-order valence-electron chi connectivity index (χ2n) is 3.29. The van der Waals surface area contributed by atoms with E-state index < -0.39 is 0 Å². The number of carbonyl (C=O) groups is 1. The van der Waals surface area contributed by atoms with Crippen LogP contribution in [0.2, 0.25) is 0 Å². The van der Waals surface area contributed by atoms with Gasteiger partial charge >= 0.3 is 5.97 Å². The highest BCUT2D eigenvalue weighted by Crippen LogP contribution is 2.16. The maximum absolute atomic E-state index is 10.8. The number of rotatable bonds is 4. The van der Waals surface area contributed by atoms with Crippen molar-refractivity contribution in [2.75, 3.05) is 6.61 Å². The largest absolute Gasteiger partial charge is 0.456 e. The summed E-state index contributed by atoms with van der Waals surface area (Å²) in [6.07, 6.45) is 4.25. The van der Waals surface area contributed by atoms with Crippen molar-refractivity contribution in [3.63, 3.8) is 0 Å². The molecule has 0 aromatic heterocycles. The van der Waals surface area contributed by atoms with Crippen molar-refractivity contribution in [3.05, 3.63) is 24.8 Å². The molecule has 0 N–H and O–H groups in total. The Morgan fingerprint density at radius 3 is 2.87 bits per heavy atom. The van der Waals surface area contributed by atoms with Crippen LogP contribution in [0.25, 0.3) is 0 Å². The van der Waals surface area contributed by atoms with Gasteiger partial charge in [0.05, 0.1) is 12.7 Å². The molecule has 0 saturated carbocycles. The Bertz CT molecular complexity index is 259. The van der Waals surface area contributed by atoms with Gasteiger partial charge in [0.25, 0.3) is 0 Å². The summed E-state index contributed by atoms with van der Waals surface area (Å²) in [6, 6.07) is 0. The molecule has 0 radical (unpaired) electrons. The molecule has 0 spiro atoms. The normalized spacial score (nSPS) is 29.9. The van der Waals surface area contributed by atoms with Crippen LogP contribution in [0.5, 0.6) is 0 Å². The number of carbonyl (C=O) groups excluding carboxylic acids is 1. The molecule has 4 heteroatoms. The van der Waals surface area contributed by atoms with E-state index in [0.29, 0.717) is 6.61 Å². The quantitative estimate of drug-likeness (QED) is 0.522. The van der Waals surface area contributed by atoms with Crippen LogP contribution in [-0.4, -0.2) is 31.1 Å². The number of hydrogen-bond donors (Lipinski definition) is 0. The molecule has 0 unspecified atom stereocenters. The maximum Gasteiger partial charge on any atom is 0.303 e. The summed E-state index contributed by atoms with van der Waals surface area (Å²) in [7, 11) is 0. The van der Waals surface area contributed by atoms with Gasteiger partial charge in [0.1, 0.15) is 6.10 Å². The van der Waals surface area contributed by atoms with Gasteiger partial charge in [0, 0.05) is 6.92 Å². The third-order valence-corrected chi connectivity index (χ3v) is 1.95. The molecule has 0 bridgehead atoms. The second-order valence-corrected chi connectivity index (χ2v) is 3.29. The molecule has 1 heterocycles. The summed E-state index contributed by atoms with van der Waals surface area (Å²) in [5.41, 5.74) is 0. The van der Waals surface area contributed by atoms with E-state index in [4.69, 9.17) is 14.2 Å². The predicted molar refractivity (Wildman–Crippen MR) is 55.2 cm³/mol. The van der Waals surface area contributed by atoms with Gasteiger partial charge in [-0.2, -0.15) is 0 Å². The van der Waals surface area contributed by atoms with Crippen LogP contribution in [-0.2, 0) is 19.0 Å². The fourth-order valence-corrected chi connectivity index (χ4v) is 1.28. The first-order chi connectivity index (χ1) is 7.13. The van der Waals surface area contributed by atoms with Crippen LogP contribution in [0, 0.1) is 0 Å². The van der Waals surface area contributed by atoms with Crippen LogP contribution < -0.4 is 0 Å². The van der Waals surface area contributed by atoms with Gasteiger partial charge in [-0.3, -0.25) is 4.79 Å². The molecule has 0 aromatic rings. The van der Waals surface area contributed by atoms with Crippen molar-refractivity contribution in [1.82, 2.24) is 0 Å². The third kappa shape index (κ3) is 3.85. The van der Waals surface area contributed by atoms with Gasteiger partial charge in [-0.25, -0.2) is 0 Å².